The van der Waals surface area contributed by atoms with Gasteiger partial charge in [-0.25, -0.2) is 9.78 Å². The Morgan fingerprint density at radius 2 is 2.14 bits per heavy atom. The zero-order valence-electron chi connectivity index (χ0n) is 15.9. The number of thiophene rings is 1. The highest BCUT2D eigenvalue weighted by molar-refractivity contribution is 7.99. The van der Waals surface area contributed by atoms with Gasteiger partial charge in [-0.05, 0) is 36.2 Å². The van der Waals surface area contributed by atoms with Crippen LogP contribution in [-0.2, 0) is 24.2 Å². The fraction of sp³-hybridized carbons (Fsp3) is 0.286. The molecule has 5 nitrogen and oxygen atoms in total. The second-order valence-electron chi connectivity index (χ2n) is 6.32. The molecule has 2 aromatic heterocycles. The van der Waals surface area contributed by atoms with Crippen molar-refractivity contribution in [3.05, 3.63) is 69.8 Å². The number of hydrogen-bond acceptors (Lipinski definition) is 4. The van der Waals surface area contributed by atoms with Gasteiger partial charge in [0.2, 0.25) is 5.91 Å². The predicted molar refractivity (Wildman–Crippen MR) is 116 cm³/mol. The average molecular weight is 415 g/mol. The van der Waals surface area contributed by atoms with Gasteiger partial charge in [-0.1, -0.05) is 61.2 Å². The van der Waals surface area contributed by atoms with Gasteiger partial charge in [0.1, 0.15) is 11.9 Å². The zero-order chi connectivity index (χ0) is 19.9. The Bertz CT molecular complexity index is 1030. The summed E-state index contributed by atoms with van der Waals surface area (Å²) in [6, 6.07) is 12.0. The molecule has 1 aromatic carbocycles. The number of benzene rings is 1. The number of thioether (sulfide) groups is 1. The first-order chi connectivity index (χ1) is 13.6. The largest absolute Gasteiger partial charge is 0.355 e. The first-order valence-electron chi connectivity index (χ1n) is 9.25. The van der Waals surface area contributed by atoms with Crippen molar-refractivity contribution in [2.24, 2.45) is 0 Å². The number of allylic oxidation sites excluding steroid dienone is 1. The van der Waals surface area contributed by atoms with Crippen LogP contribution in [0.25, 0.3) is 10.2 Å². The number of aryl methyl sites for hydroxylation is 1. The summed E-state index contributed by atoms with van der Waals surface area (Å²) in [5.41, 5.74) is 1.15. The van der Waals surface area contributed by atoms with Gasteiger partial charge in [0.25, 0.3) is 0 Å². The van der Waals surface area contributed by atoms with Crippen molar-refractivity contribution in [3.63, 3.8) is 0 Å². The van der Waals surface area contributed by atoms with Gasteiger partial charge in [-0.15, -0.1) is 0 Å². The van der Waals surface area contributed by atoms with E-state index in [1.54, 1.807) is 22.0 Å². The minimum absolute atomic E-state index is 0.0448. The number of aromatic amines is 1. The Hall–Kier alpha value is -2.38. The molecule has 0 saturated carbocycles. The highest BCUT2D eigenvalue weighted by Crippen LogP contribution is 2.22. The van der Waals surface area contributed by atoms with Gasteiger partial charge in [-0.3, -0.25) is 4.79 Å². The molecule has 2 heterocycles. The van der Waals surface area contributed by atoms with Crippen LogP contribution in [0.1, 0.15) is 17.4 Å². The van der Waals surface area contributed by atoms with E-state index in [4.69, 9.17) is 0 Å². The molecule has 3 rings (SSSR count). The summed E-state index contributed by atoms with van der Waals surface area (Å²) in [4.78, 5) is 30.4. The molecule has 0 aliphatic heterocycles. The number of fused-ring (bicyclic) bond motifs is 1. The van der Waals surface area contributed by atoms with E-state index < -0.39 is 0 Å². The van der Waals surface area contributed by atoms with Crippen molar-refractivity contribution in [2.75, 3.05) is 12.3 Å². The molecule has 0 aliphatic rings. The fourth-order valence-corrected chi connectivity index (χ4v) is 4.76. The van der Waals surface area contributed by atoms with E-state index in [0.717, 1.165) is 22.5 Å². The van der Waals surface area contributed by atoms with Crippen molar-refractivity contribution in [1.29, 1.82) is 0 Å². The zero-order valence-corrected chi connectivity index (χ0v) is 17.5. The summed E-state index contributed by atoms with van der Waals surface area (Å²) in [6.45, 7) is 6.81. The van der Waals surface area contributed by atoms with Crippen LogP contribution < -0.4 is 15.9 Å². The van der Waals surface area contributed by atoms with Gasteiger partial charge in [0, 0.05) is 11.4 Å². The van der Waals surface area contributed by atoms with Crippen LogP contribution in [0.5, 0.6) is 0 Å². The molecule has 0 bridgehead atoms. The van der Waals surface area contributed by atoms with Gasteiger partial charge in [0.15, 0.2) is 4.83 Å². The van der Waals surface area contributed by atoms with Gasteiger partial charge >= 0.3 is 10.7 Å². The fourth-order valence-electron chi connectivity index (χ4n) is 2.86. The maximum Gasteiger partial charge on any atom is 0.347 e. The Balaban J connectivity index is 1.67. The molecule has 28 heavy (non-hydrogen) atoms. The van der Waals surface area contributed by atoms with E-state index in [2.05, 4.69) is 23.8 Å². The lowest BCUT2D eigenvalue weighted by molar-refractivity contribution is -0.404. The molecule has 0 radical (unpaired) electrons. The predicted octanol–water partition coefficient (Wildman–Crippen LogP) is 3.08. The number of nitrogens with one attached hydrogen (secondary N) is 2. The number of carbonyl (C=O) groups is 1. The molecule has 0 spiro atoms. The van der Waals surface area contributed by atoms with Gasteiger partial charge in [0.05, 0.1) is 5.75 Å². The van der Waals surface area contributed by atoms with Crippen molar-refractivity contribution in [2.45, 2.75) is 31.5 Å². The minimum Gasteiger partial charge on any atom is -0.355 e. The van der Waals surface area contributed by atoms with Crippen LogP contribution in [0.4, 0.5) is 0 Å². The number of aromatic nitrogens is 2. The highest BCUT2D eigenvalue weighted by atomic mass is 32.2. The first kappa shape index (κ1) is 20.4. The molecule has 0 aliphatic carbocycles. The molecule has 146 valence electrons. The topological polar surface area (TPSA) is 65.2 Å². The van der Waals surface area contributed by atoms with E-state index in [-0.39, 0.29) is 17.2 Å². The monoisotopic (exact) mass is 414 g/mol. The summed E-state index contributed by atoms with van der Waals surface area (Å²) in [6.07, 6.45) is 3.38. The van der Waals surface area contributed by atoms with E-state index in [1.807, 2.05) is 36.4 Å². The second-order valence-corrected chi connectivity index (χ2v) is 8.42. The smallest absolute Gasteiger partial charge is 0.347 e. The van der Waals surface area contributed by atoms with Crippen LogP contribution in [-0.4, -0.2) is 22.8 Å². The normalized spacial score (nSPS) is 10.9. The Morgan fingerprint density at radius 1 is 1.36 bits per heavy atom. The lowest BCUT2D eigenvalue weighted by Crippen LogP contribution is -2.31. The van der Waals surface area contributed by atoms with Crippen LogP contribution in [0.3, 0.4) is 0 Å². The van der Waals surface area contributed by atoms with E-state index in [1.165, 1.54) is 17.3 Å². The van der Waals surface area contributed by atoms with Gasteiger partial charge in [-0.2, -0.15) is 4.57 Å². The molecule has 0 fully saturated rings. The van der Waals surface area contributed by atoms with E-state index in [9.17, 15) is 9.59 Å². The van der Waals surface area contributed by atoms with Crippen molar-refractivity contribution in [1.82, 2.24) is 9.88 Å². The molecule has 0 saturated heterocycles. The number of nitrogens with zero attached hydrogens (tertiary/aromatic N) is 1. The third-order valence-corrected chi connectivity index (χ3v) is 6.50. The van der Waals surface area contributed by atoms with Crippen molar-refractivity contribution >= 4 is 39.2 Å². The summed E-state index contributed by atoms with van der Waals surface area (Å²) < 4.78 is 1.64. The lowest BCUT2D eigenvalue weighted by Gasteiger charge is -2.05. The maximum absolute atomic E-state index is 12.8. The van der Waals surface area contributed by atoms with Gasteiger partial charge < -0.3 is 5.32 Å². The van der Waals surface area contributed by atoms with Crippen molar-refractivity contribution < 1.29 is 9.78 Å². The Morgan fingerprint density at radius 3 is 2.86 bits per heavy atom. The SMILES string of the molecule is C=CCn1c(SCC(=O)NCCc2ccccc2)[nH+]c2sc(CC)cc2c1=O. The molecule has 0 atom stereocenters. The van der Waals surface area contributed by atoms with Crippen molar-refractivity contribution in [3.8, 4) is 0 Å². The molecule has 0 unspecified atom stereocenters. The Kier molecular flexibility index (Phi) is 7.06. The Labute approximate surface area is 172 Å². The van der Waals surface area contributed by atoms with Crippen LogP contribution in [0.15, 0.2) is 59.0 Å². The molecule has 1 amide bonds. The quantitative estimate of drug-likeness (QED) is 0.332. The third kappa shape index (κ3) is 4.91. The second kappa shape index (κ2) is 9.71. The number of amides is 1. The van der Waals surface area contributed by atoms with E-state index >= 15 is 0 Å². The lowest BCUT2D eigenvalue weighted by atomic mass is 10.1. The van der Waals surface area contributed by atoms with E-state index in [0.29, 0.717) is 23.6 Å². The maximum atomic E-state index is 12.8. The van der Waals surface area contributed by atoms with Crippen LogP contribution in [0, 0.1) is 0 Å². The van der Waals surface area contributed by atoms with Crippen LogP contribution >= 0.6 is 23.1 Å². The summed E-state index contributed by atoms with van der Waals surface area (Å²) in [7, 11) is 0. The molecule has 3 aromatic rings. The number of H-pyrrole nitrogens is 1. The molecular formula is C21H24N3O2S2+. The number of rotatable bonds is 9. The van der Waals surface area contributed by atoms with Crippen LogP contribution in [0.2, 0.25) is 0 Å². The standard InChI is InChI=1S/C21H23N3O2S2/c1-3-12-24-20(26)17-13-16(4-2)28-19(17)23-21(24)27-14-18(25)22-11-10-15-8-6-5-7-9-15/h3,5-9,13H,1,4,10-12,14H2,2H3,(H,22,25)/p+1. The number of hydrogen-bond donors (Lipinski definition) is 1. The average Bonchev–Trinajstić information content (AvgIpc) is 3.13. The molecule has 7 heteroatoms. The summed E-state index contributed by atoms with van der Waals surface area (Å²) >= 11 is 2.93. The molecular weight excluding hydrogens is 390 g/mol. The summed E-state index contributed by atoms with van der Waals surface area (Å²) in [5, 5.41) is 4.31. The highest BCUT2D eigenvalue weighted by Gasteiger charge is 2.20. The third-order valence-electron chi connectivity index (χ3n) is 4.30. The first-order valence-corrected chi connectivity index (χ1v) is 11.1. The number of carbonyl (C=O) groups excluding carboxylic acids is 1. The minimum atomic E-state index is -0.0487. The summed E-state index contributed by atoms with van der Waals surface area (Å²) in [5.74, 6) is 0.201. The molecule has 2 N–H and O–H groups in total.